The molecule has 2 aromatic heterocycles. The summed E-state index contributed by atoms with van der Waals surface area (Å²) in [7, 11) is 0. The maximum Gasteiger partial charge on any atom is 0.279 e. The summed E-state index contributed by atoms with van der Waals surface area (Å²) in [5.41, 5.74) is 6.15. The number of para-hydroxylation sites is 2. The van der Waals surface area contributed by atoms with E-state index in [9.17, 15) is 14.7 Å². The van der Waals surface area contributed by atoms with Gasteiger partial charge in [-0.05, 0) is 85.3 Å². The number of aryl methyl sites for hydroxylation is 4. The molecule has 47 heavy (non-hydrogen) atoms. The van der Waals surface area contributed by atoms with E-state index in [4.69, 9.17) is 16.3 Å². The van der Waals surface area contributed by atoms with E-state index in [0.29, 0.717) is 46.9 Å². The van der Waals surface area contributed by atoms with Crippen LogP contribution in [-0.4, -0.2) is 26.6 Å². The van der Waals surface area contributed by atoms with Gasteiger partial charge in [0, 0.05) is 25.7 Å². The quantitative estimate of drug-likeness (QED) is 0.154. The number of ketones is 2. The molecule has 0 aliphatic carbocycles. The molecule has 6 aromatic rings. The summed E-state index contributed by atoms with van der Waals surface area (Å²) in [5.74, 6) is 1.72. The van der Waals surface area contributed by atoms with Crippen molar-refractivity contribution in [2.24, 2.45) is 0 Å². The zero-order chi connectivity index (χ0) is 33.8. The Balaban J connectivity index is 0.000000176. The Kier molecular flexibility index (Phi) is 13.5. The predicted molar refractivity (Wildman–Crippen MR) is 196 cm³/mol. The molecule has 6 rings (SSSR count). The molecule has 0 saturated carbocycles. The second-order valence-electron chi connectivity index (χ2n) is 11.0. The number of halogens is 1. The molecule has 0 aliphatic heterocycles. The van der Waals surface area contributed by atoms with Crippen LogP contribution in [0.15, 0.2) is 84.9 Å². The number of hydrogen-bond acceptors (Lipinski definition) is 8. The monoisotopic (exact) mass is 686 g/mol. The smallest absolute Gasteiger partial charge is 0.279 e. The first-order valence-electron chi connectivity index (χ1n) is 15.6. The highest BCUT2D eigenvalue weighted by Gasteiger charge is 2.09. The van der Waals surface area contributed by atoms with Gasteiger partial charge in [0.1, 0.15) is 23.1 Å². The molecule has 6 nitrogen and oxygen atoms in total. The van der Waals surface area contributed by atoms with Gasteiger partial charge in [-0.1, -0.05) is 85.3 Å². The molecule has 4 aromatic carbocycles. The molecule has 244 valence electrons. The lowest BCUT2D eigenvalue weighted by Crippen LogP contribution is -1.98. The molecule has 0 bridgehead atoms. The number of ether oxygens (including phenoxy) is 1. The van der Waals surface area contributed by atoms with Crippen molar-refractivity contribution in [1.82, 2.24) is 9.97 Å². The Morgan fingerprint density at radius 2 is 1.26 bits per heavy atom. The highest BCUT2D eigenvalue weighted by Crippen LogP contribution is 2.33. The van der Waals surface area contributed by atoms with Gasteiger partial charge in [-0.2, -0.15) is 0 Å². The van der Waals surface area contributed by atoms with E-state index in [2.05, 4.69) is 16.0 Å². The fourth-order valence-corrected chi connectivity index (χ4v) is 6.47. The third kappa shape index (κ3) is 11.0. The van der Waals surface area contributed by atoms with Gasteiger partial charge in [-0.25, -0.2) is 9.97 Å². The maximum absolute atomic E-state index is 11.4. The maximum atomic E-state index is 11.4. The summed E-state index contributed by atoms with van der Waals surface area (Å²) in [6, 6.07) is 27.5. The highest BCUT2D eigenvalue weighted by atomic mass is 35.5. The van der Waals surface area contributed by atoms with E-state index in [0.717, 1.165) is 55.7 Å². The van der Waals surface area contributed by atoms with Gasteiger partial charge >= 0.3 is 0 Å². The molecule has 0 fully saturated rings. The number of rotatable bonds is 10. The minimum absolute atomic E-state index is 0.288. The number of carbonyl (C=O) groups excluding carboxylic acids is 2. The van der Waals surface area contributed by atoms with Gasteiger partial charge in [-0.15, -0.1) is 11.3 Å². The van der Waals surface area contributed by atoms with Gasteiger partial charge in [0.2, 0.25) is 0 Å². The third-order valence-electron chi connectivity index (χ3n) is 7.41. The van der Waals surface area contributed by atoms with Crippen LogP contribution in [0.25, 0.3) is 20.4 Å². The average Bonchev–Trinajstić information content (AvgIpc) is 3.67. The number of benzene rings is 4. The van der Waals surface area contributed by atoms with Crippen LogP contribution in [0.4, 0.5) is 0 Å². The summed E-state index contributed by atoms with van der Waals surface area (Å²) < 4.78 is 8.81. The van der Waals surface area contributed by atoms with Crippen molar-refractivity contribution in [3.63, 3.8) is 0 Å². The molecule has 0 amide bonds. The summed E-state index contributed by atoms with van der Waals surface area (Å²) in [4.78, 5) is 31.1. The normalized spacial score (nSPS) is 10.6. The van der Waals surface area contributed by atoms with Crippen LogP contribution < -0.4 is 4.74 Å². The van der Waals surface area contributed by atoms with Crippen molar-refractivity contribution in [2.75, 3.05) is 0 Å². The van der Waals surface area contributed by atoms with E-state index >= 15 is 0 Å². The first kappa shape index (κ1) is 35.7. The van der Waals surface area contributed by atoms with Gasteiger partial charge in [0.05, 0.1) is 20.4 Å². The highest BCUT2D eigenvalue weighted by molar-refractivity contribution is 7.22. The van der Waals surface area contributed by atoms with Gasteiger partial charge < -0.3 is 9.84 Å². The number of fused-ring (bicyclic) bond motifs is 2. The summed E-state index contributed by atoms with van der Waals surface area (Å²) in [6.45, 7) is 7.67. The predicted octanol–water partition coefficient (Wildman–Crippen LogP) is 10.9. The Morgan fingerprint density at radius 1 is 0.723 bits per heavy atom. The Morgan fingerprint density at radius 3 is 1.79 bits per heavy atom. The number of nitrogens with zero attached hydrogens (tertiary/aromatic N) is 2. The molecule has 9 heteroatoms. The van der Waals surface area contributed by atoms with Crippen LogP contribution >= 0.6 is 34.3 Å². The Labute approximate surface area is 289 Å². The molecule has 0 atom stereocenters. The molecule has 0 aliphatic rings. The lowest BCUT2D eigenvalue weighted by molar-refractivity contribution is -0.119. The minimum Gasteiger partial charge on any atom is -0.508 e. The van der Waals surface area contributed by atoms with Gasteiger partial charge in [0.25, 0.3) is 5.19 Å². The molecule has 1 N–H and O–H groups in total. The van der Waals surface area contributed by atoms with Crippen molar-refractivity contribution in [3.05, 3.63) is 112 Å². The summed E-state index contributed by atoms with van der Waals surface area (Å²) in [6.07, 6.45) is 3.98. The fraction of sp³-hybridized carbons (Fsp3) is 0.263. The average molecular weight is 687 g/mol. The minimum atomic E-state index is 0.288. The van der Waals surface area contributed by atoms with Gasteiger partial charge in [0.15, 0.2) is 4.47 Å². The molecule has 0 radical (unpaired) electrons. The molecular weight excluding hydrogens is 648 g/mol. The number of aromatic nitrogens is 2. The topological polar surface area (TPSA) is 89.4 Å². The molecule has 0 unspecified atom stereocenters. The van der Waals surface area contributed by atoms with Crippen LogP contribution in [0.2, 0.25) is 4.47 Å². The second kappa shape index (κ2) is 17.7. The Hall–Kier alpha value is -4.11. The molecule has 0 spiro atoms. The molecule has 2 heterocycles. The Bertz CT molecular complexity index is 1880. The van der Waals surface area contributed by atoms with E-state index in [1.165, 1.54) is 16.9 Å². The second-order valence-corrected chi connectivity index (χ2v) is 13.6. The number of thiazole rings is 2. The first-order chi connectivity index (χ1) is 22.6. The van der Waals surface area contributed by atoms with Crippen LogP contribution in [0.3, 0.4) is 0 Å². The SMILES string of the molecule is CCC(=O)CCc1ccc(O)c(C)c1.CCC(=O)CCc1ccc(Oc2nc3ccccc3s2)c(C)c1.Clc1nc2ccccc2s1. The summed E-state index contributed by atoms with van der Waals surface area (Å²) >= 11 is 8.74. The molecule has 0 saturated heterocycles. The summed E-state index contributed by atoms with van der Waals surface area (Å²) in [5, 5.41) is 9.96. The van der Waals surface area contributed by atoms with Gasteiger partial charge in [-0.3, -0.25) is 9.59 Å². The number of aromatic hydroxyl groups is 1. The van der Waals surface area contributed by atoms with Crippen LogP contribution in [0.5, 0.6) is 16.7 Å². The number of carbonyl (C=O) groups is 2. The largest absolute Gasteiger partial charge is 0.508 e. The number of hydrogen-bond donors (Lipinski definition) is 1. The fourth-order valence-electron chi connectivity index (χ4n) is 4.61. The molecular formula is C38H39ClN2O4S2. The van der Waals surface area contributed by atoms with Crippen molar-refractivity contribution >= 4 is 66.3 Å². The van der Waals surface area contributed by atoms with E-state index in [1.54, 1.807) is 17.4 Å². The first-order valence-corrected chi connectivity index (χ1v) is 17.6. The standard InChI is InChI=1S/C19H19NO2S.C12H16O2.C7H4ClNS/c1-3-15(21)10-8-14-9-11-17(13(2)12-14)22-19-20-16-6-4-5-7-18(16)23-19;1-3-11(13)6-4-10-5-7-12(14)9(2)8-10;8-7-9-5-3-1-2-4-6(5)10-7/h4-7,9,11-12H,3,8,10H2,1-2H3;5,7-8,14H,3-4,6H2,1-2H3;1-4H. The van der Waals surface area contributed by atoms with Crippen molar-refractivity contribution < 1.29 is 19.4 Å². The van der Waals surface area contributed by atoms with Crippen LogP contribution in [0, 0.1) is 13.8 Å². The van der Waals surface area contributed by atoms with Crippen LogP contribution in [0.1, 0.15) is 61.8 Å². The zero-order valence-corrected chi connectivity index (χ0v) is 29.5. The number of Topliss-reactive ketones (excluding diaryl/α,β-unsaturated/α-hetero) is 2. The lowest BCUT2D eigenvalue weighted by atomic mass is 10.0. The van der Waals surface area contributed by atoms with Crippen molar-refractivity contribution in [3.8, 4) is 16.7 Å². The number of phenols is 1. The van der Waals surface area contributed by atoms with E-state index < -0.39 is 0 Å². The third-order valence-corrected chi connectivity index (χ3v) is 9.47. The van der Waals surface area contributed by atoms with E-state index in [-0.39, 0.29) is 5.78 Å². The number of phenolic OH excluding ortho intramolecular Hbond substituents is 1. The van der Waals surface area contributed by atoms with Crippen LogP contribution in [-0.2, 0) is 22.4 Å². The zero-order valence-electron chi connectivity index (χ0n) is 27.1. The van der Waals surface area contributed by atoms with Crippen molar-refractivity contribution in [1.29, 1.82) is 0 Å². The lowest BCUT2D eigenvalue weighted by Gasteiger charge is -2.08. The van der Waals surface area contributed by atoms with Crippen molar-refractivity contribution in [2.45, 2.75) is 66.2 Å². The van der Waals surface area contributed by atoms with E-state index in [1.807, 2.05) is 100 Å².